The highest BCUT2D eigenvalue weighted by molar-refractivity contribution is 7.12. The van der Waals surface area contributed by atoms with Crippen molar-refractivity contribution in [3.63, 3.8) is 0 Å². The van der Waals surface area contributed by atoms with Gasteiger partial charge in [0.1, 0.15) is 0 Å². The third-order valence-corrected chi connectivity index (χ3v) is 5.07. The fraction of sp³-hybridized carbons (Fsp3) is 0.400. The Balaban J connectivity index is 0.000000735. The number of rotatable bonds is 2. The Labute approximate surface area is 135 Å². The number of hydrogen-bond acceptors (Lipinski definition) is 3. The summed E-state index contributed by atoms with van der Waals surface area (Å²) in [4.78, 5) is 6.36. The van der Waals surface area contributed by atoms with Crippen LogP contribution >= 0.6 is 36.2 Å². The van der Waals surface area contributed by atoms with Gasteiger partial charge in [-0.1, -0.05) is 24.3 Å². The van der Waals surface area contributed by atoms with Crippen molar-refractivity contribution in [2.45, 2.75) is 19.3 Å². The van der Waals surface area contributed by atoms with Crippen LogP contribution in [0.5, 0.6) is 0 Å². The Hall–Kier alpha value is -0.610. The fourth-order valence-electron chi connectivity index (χ4n) is 3.03. The van der Waals surface area contributed by atoms with Crippen LogP contribution in [0, 0.1) is 5.92 Å². The van der Waals surface area contributed by atoms with Gasteiger partial charge in [0.05, 0.1) is 10.7 Å². The van der Waals surface area contributed by atoms with E-state index >= 15 is 0 Å². The normalized spacial score (nSPS) is 18.9. The molecule has 1 aliphatic carbocycles. The lowest BCUT2D eigenvalue weighted by atomic mass is 10.1. The number of hydrogen-bond donors (Lipinski definition) is 1. The van der Waals surface area contributed by atoms with Gasteiger partial charge in [0.2, 0.25) is 0 Å². The predicted octanol–water partition coefficient (Wildman–Crippen LogP) is 3.71. The largest absolute Gasteiger partial charge is 0.316 e. The molecular formula is C15H18Cl2N2S. The van der Waals surface area contributed by atoms with Gasteiger partial charge in [0.15, 0.2) is 0 Å². The van der Waals surface area contributed by atoms with Crippen LogP contribution in [-0.2, 0) is 12.8 Å². The second-order valence-corrected chi connectivity index (χ2v) is 6.44. The first-order valence-corrected chi connectivity index (χ1v) is 7.49. The standard InChI is InChI=1S/C15H16N2S.2ClH/c1-2-4-12-11(3-1)8-13-15(12)17-14(18-13)7-10-5-6-16-9-10;;/h1-4,10,16H,5-9H2;2*1H. The molecule has 5 heteroatoms. The molecule has 4 rings (SSSR count). The van der Waals surface area contributed by atoms with Gasteiger partial charge in [-0.25, -0.2) is 4.98 Å². The highest BCUT2D eigenvalue weighted by Crippen LogP contribution is 2.39. The summed E-state index contributed by atoms with van der Waals surface area (Å²) in [6.45, 7) is 2.35. The zero-order chi connectivity index (χ0) is 11.9. The van der Waals surface area contributed by atoms with Crippen LogP contribution in [0.4, 0.5) is 0 Å². The summed E-state index contributed by atoms with van der Waals surface area (Å²) >= 11 is 1.93. The molecule has 1 N–H and O–H groups in total. The van der Waals surface area contributed by atoms with Gasteiger partial charge in [-0.3, -0.25) is 0 Å². The van der Waals surface area contributed by atoms with Gasteiger partial charge in [-0.05, 0) is 31.0 Å². The fourth-order valence-corrected chi connectivity index (χ4v) is 4.25. The van der Waals surface area contributed by atoms with Gasteiger partial charge in [0, 0.05) is 23.3 Å². The van der Waals surface area contributed by atoms with E-state index in [1.54, 1.807) is 0 Å². The van der Waals surface area contributed by atoms with E-state index in [1.165, 1.54) is 46.2 Å². The van der Waals surface area contributed by atoms with Gasteiger partial charge >= 0.3 is 0 Å². The van der Waals surface area contributed by atoms with E-state index in [1.807, 2.05) is 11.3 Å². The summed E-state index contributed by atoms with van der Waals surface area (Å²) < 4.78 is 0. The maximum absolute atomic E-state index is 4.89. The topological polar surface area (TPSA) is 24.9 Å². The van der Waals surface area contributed by atoms with Crippen LogP contribution in [0.25, 0.3) is 11.3 Å². The molecule has 1 aromatic heterocycles. The lowest BCUT2D eigenvalue weighted by Gasteiger charge is -2.04. The molecule has 2 nitrogen and oxygen atoms in total. The second kappa shape index (κ2) is 6.44. The third-order valence-electron chi connectivity index (χ3n) is 3.99. The van der Waals surface area contributed by atoms with E-state index < -0.39 is 0 Å². The minimum Gasteiger partial charge on any atom is -0.316 e. The van der Waals surface area contributed by atoms with Crippen LogP contribution in [0.1, 0.15) is 21.9 Å². The van der Waals surface area contributed by atoms with Gasteiger partial charge < -0.3 is 5.32 Å². The number of fused-ring (bicyclic) bond motifs is 3. The molecule has 0 amide bonds. The number of nitrogens with zero attached hydrogens (tertiary/aromatic N) is 1. The van der Waals surface area contributed by atoms with Crippen molar-refractivity contribution >= 4 is 36.2 Å². The molecule has 2 aliphatic rings. The van der Waals surface area contributed by atoms with E-state index in [9.17, 15) is 0 Å². The number of halogens is 2. The molecule has 1 saturated heterocycles. The van der Waals surface area contributed by atoms with Gasteiger partial charge in [-0.2, -0.15) is 0 Å². The molecule has 1 unspecified atom stereocenters. The molecular weight excluding hydrogens is 311 g/mol. The molecule has 1 fully saturated rings. The summed E-state index contributed by atoms with van der Waals surface area (Å²) in [7, 11) is 0. The van der Waals surface area contributed by atoms with Crippen LogP contribution < -0.4 is 5.32 Å². The molecule has 0 bridgehead atoms. The Morgan fingerprint density at radius 3 is 2.90 bits per heavy atom. The molecule has 20 heavy (non-hydrogen) atoms. The third kappa shape index (κ3) is 2.73. The molecule has 2 heterocycles. The van der Waals surface area contributed by atoms with E-state index in [0.717, 1.165) is 18.8 Å². The van der Waals surface area contributed by atoms with Crippen molar-refractivity contribution in [2.75, 3.05) is 13.1 Å². The lowest BCUT2D eigenvalue weighted by molar-refractivity contribution is 0.578. The first kappa shape index (κ1) is 15.8. The minimum atomic E-state index is 0. The van der Waals surface area contributed by atoms with E-state index in [-0.39, 0.29) is 24.8 Å². The van der Waals surface area contributed by atoms with Crippen molar-refractivity contribution in [2.24, 2.45) is 5.92 Å². The van der Waals surface area contributed by atoms with Crippen LogP contribution in [0.15, 0.2) is 24.3 Å². The molecule has 0 spiro atoms. The number of nitrogens with one attached hydrogen (secondary N) is 1. The molecule has 1 aliphatic heterocycles. The van der Waals surface area contributed by atoms with Crippen LogP contribution in [-0.4, -0.2) is 18.1 Å². The van der Waals surface area contributed by atoms with Crippen LogP contribution in [0.2, 0.25) is 0 Å². The monoisotopic (exact) mass is 328 g/mol. The predicted molar refractivity (Wildman–Crippen MR) is 89.5 cm³/mol. The van der Waals surface area contributed by atoms with Crippen LogP contribution in [0.3, 0.4) is 0 Å². The molecule has 108 valence electrons. The summed E-state index contributed by atoms with van der Waals surface area (Å²) in [5, 5.41) is 4.77. The number of aromatic nitrogens is 1. The molecule has 1 atom stereocenters. The lowest BCUT2D eigenvalue weighted by Crippen LogP contribution is -2.10. The zero-order valence-electron chi connectivity index (χ0n) is 11.1. The number of benzene rings is 1. The van der Waals surface area contributed by atoms with Crippen molar-refractivity contribution < 1.29 is 0 Å². The Bertz CT molecular complexity index is 591. The molecule has 1 aromatic carbocycles. The van der Waals surface area contributed by atoms with Crippen molar-refractivity contribution in [3.05, 3.63) is 39.7 Å². The summed E-state index contributed by atoms with van der Waals surface area (Å²) in [6.07, 6.45) is 3.56. The maximum atomic E-state index is 4.89. The summed E-state index contributed by atoms with van der Waals surface area (Å²) in [6, 6.07) is 8.68. The zero-order valence-corrected chi connectivity index (χ0v) is 13.5. The van der Waals surface area contributed by atoms with E-state index in [4.69, 9.17) is 4.98 Å². The summed E-state index contributed by atoms with van der Waals surface area (Å²) in [5.74, 6) is 0.798. The van der Waals surface area contributed by atoms with Crippen molar-refractivity contribution in [1.29, 1.82) is 0 Å². The Morgan fingerprint density at radius 2 is 2.10 bits per heavy atom. The quantitative estimate of drug-likeness (QED) is 0.775. The first-order chi connectivity index (χ1) is 8.90. The highest BCUT2D eigenvalue weighted by atomic mass is 35.5. The second-order valence-electron chi connectivity index (χ2n) is 5.28. The van der Waals surface area contributed by atoms with Crippen molar-refractivity contribution in [1.82, 2.24) is 10.3 Å². The van der Waals surface area contributed by atoms with E-state index in [2.05, 4.69) is 29.6 Å². The minimum absolute atomic E-state index is 0. The van der Waals surface area contributed by atoms with Gasteiger partial charge in [0.25, 0.3) is 0 Å². The Morgan fingerprint density at radius 1 is 1.25 bits per heavy atom. The average Bonchev–Trinajstić information content (AvgIpc) is 3.05. The smallest absolute Gasteiger partial charge is 0.0938 e. The maximum Gasteiger partial charge on any atom is 0.0938 e. The number of thiazole rings is 1. The molecule has 2 aromatic rings. The average molecular weight is 329 g/mol. The SMILES string of the molecule is Cl.Cl.c1ccc2c(c1)Cc1sc(CC3CCNC3)nc1-2. The summed E-state index contributed by atoms with van der Waals surface area (Å²) in [5.41, 5.74) is 4.07. The Kier molecular flexibility index (Phi) is 5.08. The van der Waals surface area contributed by atoms with Crippen molar-refractivity contribution in [3.8, 4) is 11.3 Å². The van der Waals surface area contributed by atoms with Gasteiger partial charge in [-0.15, -0.1) is 36.2 Å². The molecule has 0 radical (unpaired) electrons. The first-order valence-electron chi connectivity index (χ1n) is 6.68. The molecule has 0 saturated carbocycles. The highest BCUT2D eigenvalue weighted by Gasteiger charge is 2.24. The van der Waals surface area contributed by atoms with E-state index in [0.29, 0.717) is 0 Å².